The largest absolute Gasteiger partial charge is 0.490 e. The molecule has 1 aliphatic heterocycles. The maximum Gasteiger partial charge on any atom is 0.490 e. The molecule has 1 heterocycles. The molecule has 1 saturated heterocycles. The number of aryl methyl sites for hydroxylation is 1. The summed E-state index contributed by atoms with van der Waals surface area (Å²) in [6.07, 6.45) is -3.15. The van der Waals surface area contributed by atoms with Gasteiger partial charge in [0.1, 0.15) is 5.82 Å². The number of aliphatic carboxylic acids is 1. The molecule has 2 N–H and O–H groups in total. The van der Waals surface area contributed by atoms with Crippen LogP contribution >= 0.6 is 15.9 Å². The highest BCUT2D eigenvalue weighted by Gasteiger charge is 2.38. The Morgan fingerprint density at radius 3 is 2.24 bits per heavy atom. The zero-order chi connectivity index (χ0) is 16.2. The minimum atomic E-state index is -5.08. The fourth-order valence-corrected chi connectivity index (χ4v) is 2.02. The number of benzene rings is 1. The number of hydrogen-bond acceptors (Lipinski definition) is 2. The summed E-state index contributed by atoms with van der Waals surface area (Å²) in [5.41, 5.74) is 2.94. The molecule has 0 spiro atoms. The van der Waals surface area contributed by atoms with Crippen molar-refractivity contribution in [3.63, 3.8) is 0 Å². The molecule has 8 heteroatoms. The first-order valence-corrected chi connectivity index (χ1v) is 6.56. The van der Waals surface area contributed by atoms with Crippen LogP contribution in [0.2, 0.25) is 0 Å². The van der Waals surface area contributed by atoms with Crippen molar-refractivity contribution in [2.24, 2.45) is 0 Å². The first-order chi connectivity index (χ1) is 9.61. The molecule has 0 bridgehead atoms. The average Bonchev–Trinajstić information content (AvgIpc) is 2.24. The number of alkyl halides is 3. The van der Waals surface area contributed by atoms with E-state index in [1.807, 2.05) is 19.1 Å². The van der Waals surface area contributed by atoms with Gasteiger partial charge in [0.15, 0.2) is 0 Å². The number of halogens is 5. The molecule has 0 unspecified atom stereocenters. The summed E-state index contributed by atoms with van der Waals surface area (Å²) in [7, 11) is 0. The van der Waals surface area contributed by atoms with E-state index < -0.39 is 12.1 Å². The third-order valence-electron chi connectivity index (χ3n) is 2.60. The molecule has 21 heavy (non-hydrogen) atoms. The molecule has 0 radical (unpaired) electrons. The van der Waals surface area contributed by atoms with E-state index >= 15 is 0 Å². The van der Waals surface area contributed by atoms with Crippen LogP contribution in [0.15, 0.2) is 22.2 Å². The molecule has 116 valence electrons. The van der Waals surface area contributed by atoms with Crippen LogP contribution < -0.4 is 5.32 Å². The zero-order valence-electron chi connectivity index (χ0n) is 10.9. The Kier molecular flexibility index (Phi) is 5.91. The molecule has 1 aliphatic rings. The van der Waals surface area contributed by atoms with E-state index in [4.69, 9.17) is 9.90 Å². The van der Waals surface area contributed by atoms with Crippen molar-refractivity contribution in [3.8, 4) is 0 Å². The van der Waals surface area contributed by atoms with Gasteiger partial charge in [0.05, 0.1) is 0 Å². The Bertz CT molecular complexity index is 541. The van der Waals surface area contributed by atoms with Gasteiger partial charge in [-0.25, -0.2) is 9.18 Å². The van der Waals surface area contributed by atoms with Crippen molar-refractivity contribution in [3.05, 3.63) is 39.1 Å². The normalized spacial score (nSPS) is 13.9. The first kappa shape index (κ1) is 17.6. The molecule has 1 fully saturated rings. The van der Waals surface area contributed by atoms with E-state index in [9.17, 15) is 17.6 Å². The Labute approximate surface area is 126 Å². The lowest BCUT2D eigenvalue weighted by Crippen LogP contribution is -2.33. The van der Waals surface area contributed by atoms with Crippen LogP contribution in [0.1, 0.15) is 11.1 Å². The Morgan fingerprint density at radius 1 is 1.38 bits per heavy atom. The number of rotatable bonds is 1. The van der Waals surface area contributed by atoms with Gasteiger partial charge >= 0.3 is 12.1 Å². The van der Waals surface area contributed by atoms with Crippen molar-refractivity contribution in [1.82, 2.24) is 5.32 Å². The molecule has 1 aromatic rings. The van der Waals surface area contributed by atoms with Crippen molar-refractivity contribution in [1.29, 1.82) is 0 Å². The highest BCUT2D eigenvalue weighted by molar-refractivity contribution is 9.10. The second kappa shape index (κ2) is 7.04. The fraction of sp³-hybridized carbons (Fsp3) is 0.308. The van der Waals surface area contributed by atoms with Gasteiger partial charge in [-0.3, -0.25) is 0 Å². The van der Waals surface area contributed by atoms with Gasteiger partial charge in [-0.15, -0.1) is 0 Å². The summed E-state index contributed by atoms with van der Waals surface area (Å²) in [5.74, 6) is -2.91. The van der Waals surface area contributed by atoms with Gasteiger partial charge in [0, 0.05) is 23.1 Å². The predicted octanol–water partition coefficient (Wildman–Crippen LogP) is 3.52. The lowest BCUT2D eigenvalue weighted by Gasteiger charge is -2.19. The van der Waals surface area contributed by atoms with E-state index in [2.05, 4.69) is 21.2 Å². The monoisotopic (exact) mass is 369 g/mol. The first-order valence-electron chi connectivity index (χ1n) is 5.77. The molecular weight excluding hydrogens is 358 g/mol. The number of carboxylic acid groups (broad SMARTS) is 1. The van der Waals surface area contributed by atoms with Gasteiger partial charge in [-0.05, 0) is 30.2 Å². The third kappa shape index (κ3) is 5.47. The second-order valence-corrected chi connectivity index (χ2v) is 5.24. The second-order valence-electron chi connectivity index (χ2n) is 4.33. The molecule has 3 nitrogen and oxygen atoms in total. The summed E-state index contributed by atoms with van der Waals surface area (Å²) in [6.45, 7) is 3.69. The summed E-state index contributed by atoms with van der Waals surface area (Å²) in [6, 6.07) is 3.44. The molecular formula is C13H12BrF4NO2. The van der Waals surface area contributed by atoms with E-state index in [1.165, 1.54) is 11.6 Å². The number of carboxylic acids is 1. The van der Waals surface area contributed by atoms with Crippen molar-refractivity contribution < 1.29 is 27.5 Å². The van der Waals surface area contributed by atoms with Crippen molar-refractivity contribution >= 4 is 28.0 Å². The van der Waals surface area contributed by atoms with Gasteiger partial charge in [-0.2, -0.15) is 13.2 Å². The summed E-state index contributed by atoms with van der Waals surface area (Å²) >= 11 is 3.27. The maximum atomic E-state index is 13.5. The lowest BCUT2D eigenvalue weighted by molar-refractivity contribution is -0.192. The van der Waals surface area contributed by atoms with Gasteiger partial charge in [0.2, 0.25) is 0 Å². The van der Waals surface area contributed by atoms with Crippen molar-refractivity contribution in [2.45, 2.75) is 13.1 Å². The quantitative estimate of drug-likeness (QED) is 0.744. The van der Waals surface area contributed by atoms with E-state index in [0.717, 1.165) is 23.1 Å². The summed E-state index contributed by atoms with van der Waals surface area (Å²) in [5, 5.41) is 10.3. The number of hydrogen-bond donors (Lipinski definition) is 2. The molecule has 0 atom stereocenters. The minimum absolute atomic E-state index is 0.156. The highest BCUT2D eigenvalue weighted by atomic mass is 79.9. The standard InChI is InChI=1S/C11H11BrFN.C2HF3O2/c1-7-2-9(12)4-11(13)10(7)3-8-5-14-6-8;3-2(4,5)1(6)7/h2-4,14H,5-6H2,1H3;(H,6,7). The van der Waals surface area contributed by atoms with Crippen LogP contribution in [0.25, 0.3) is 6.08 Å². The number of nitrogens with one attached hydrogen (secondary N) is 1. The van der Waals surface area contributed by atoms with Gasteiger partial charge in [0.25, 0.3) is 0 Å². The molecule has 0 aliphatic carbocycles. The fourth-order valence-electron chi connectivity index (χ4n) is 1.47. The highest BCUT2D eigenvalue weighted by Crippen LogP contribution is 2.22. The predicted molar refractivity (Wildman–Crippen MR) is 73.4 cm³/mol. The zero-order valence-corrected chi connectivity index (χ0v) is 12.5. The topological polar surface area (TPSA) is 49.3 Å². The van der Waals surface area contributed by atoms with Crippen molar-refractivity contribution in [2.75, 3.05) is 13.1 Å². The van der Waals surface area contributed by atoms with Crippen LogP contribution in [0.4, 0.5) is 17.6 Å². The summed E-state index contributed by atoms with van der Waals surface area (Å²) in [4.78, 5) is 8.90. The lowest BCUT2D eigenvalue weighted by atomic mass is 10.0. The van der Waals surface area contributed by atoms with Crippen LogP contribution in [-0.2, 0) is 4.79 Å². The van der Waals surface area contributed by atoms with Crippen LogP contribution in [0.3, 0.4) is 0 Å². The molecule has 0 saturated carbocycles. The third-order valence-corrected chi connectivity index (χ3v) is 3.05. The van der Waals surface area contributed by atoms with Crippen LogP contribution in [-0.4, -0.2) is 30.3 Å². The van der Waals surface area contributed by atoms with E-state index in [-0.39, 0.29) is 5.82 Å². The average molecular weight is 370 g/mol. The minimum Gasteiger partial charge on any atom is -0.475 e. The van der Waals surface area contributed by atoms with Gasteiger partial charge < -0.3 is 10.4 Å². The molecule has 2 rings (SSSR count). The van der Waals surface area contributed by atoms with Crippen LogP contribution in [0.5, 0.6) is 0 Å². The maximum absolute atomic E-state index is 13.5. The Balaban J connectivity index is 0.000000270. The van der Waals surface area contributed by atoms with E-state index in [1.54, 1.807) is 0 Å². The SMILES string of the molecule is Cc1cc(Br)cc(F)c1C=C1CNC1.O=C(O)C(F)(F)F. The molecule has 0 amide bonds. The Morgan fingerprint density at radius 2 is 1.90 bits per heavy atom. The Hall–Kier alpha value is -1.41. The number of carbonyl (C=O) groups is 1. The summed E-state index contributed by atoms with van der Waals surface area (Å²) < 4.78 is 46.1. The van der Waals surface area contributed by atoms with E-state index in [0.29, 0.717) is 5.56 Å². The molecule has 1 aromatic carbocycles. The smallest absolute Gasteiger partial charge is 0.475 e. The van der Waals surface area contributed by atoms with Crippen LogP contribution in [0, 0.1) is 12.7 Å². The molecule has 0 aromatic heterocycles. The van der Waals surface area contributed by atoms with Gasteiger partial charge in [-0.1, -0.05) is 22.0 Å².